The first-order valence-electron chi connectivity index (χ1n) is 7.77. The van der Waals surface area contributed by atoms with Crippen molar-refractivity contribution >= 4 is 11.8 Å². The van der Waals surface area contributed by atoms with E-state index in [9.17, 15) is 9.59 Å². The lowest BCUT2D eigenvalue weighted by Crippen LogP contribution is -2.18. The first-order valence-corrected chi connectivity index (χ1v) is 7.77. The molecule has 1 aromatic carbocycles. The molecule has 4 rings (SSSR count). The number of carbonyl (C=O) groups is 2. The minimum Gasteiger partial charge on any atom is -0.468 e. The molecule has 2 aromatic rings. The molecule has 124 valence electrons. The van der Waals surface area contributed by atoms with E-state index in [2.05, 4.69) is 5.10 Å². The Morgan fingerprint density at radius 2 is 2.12 bits per heavy atom. The molecule has 2 aliphatic rings. The van der Waals surface area contributed by atoms with Crippen molar-refractivity contribution in [2.75, 3.05) is 13.9 Å². The highest BCUT2D eigenvalue weighted by atomic mass is 16.7. The Morgan fingerprint density at radius 3 is 2.96 bits per heavy atom. The summed E-state index contributed by atoms with van der Waals surface area (Å²) in [6, 6.07) is 5.46. The minimum absolute atomic E-state index is 0.00331. The van der Waals surface area contributed by atoms with Gasteiger partial charge in [-0.05, 0) is 31.0 Å². The zero-order valence-electron chi connectivity index (χ0n) is 13.2. The second kappa shape index (κ2) is 5.67. The smallest absolute Gasteiger partial charge is 0.327 e. The average Bonchev–Trinajstić information content (AvgIpc) is 3.19. The Balaban J connectivity index is 1.83. The van der Waals surface area contributed by atoms with Crippen LogP contribution in [0.25, 0.3) is 11.3 Å². The van der Waals surface area contributed by atoms with E-state index in [1.807, 2.05) is 12.1 Å². The first-order chi connectivity index (χ1) is 11.7. The predicted octanol–water partition coefficient (Wildman–Crippen LogP) is 1.97. The Bertz CT molecular complexity index is 840. The summed E-state index contributed by atoms with van der Waals surface area (Å²) >= 11 is 0. The number of fused-ring (bicyclic) bond motifs is 2. The van der Waals surface area contributed by atoms with Crippen molar-refractivity contribution in [1.29, 1.82) is 0 Å². The quantitative estimate of drug-likeness (QED) is 0.802. The van der Waals surface area contributed by atoms with Gasteiger partial charge in [-0.1, -0.05) is 0 Å². The van der Waals surface area contributed by atoms with Gasteiger partial charge < -0.3 is 14.2 Å². The van der Waals surface area contributed by atoms with Gasteiger partial charge in [0.2, 0.25) is 6.79 Å². The molecule has 1 aliphatic heterocycles. The highest BCUT2D eigenvalue weighted by Gasteiger charge is 2.29. The van der Waals surface area contributed by atoms with Crippen molar-refractivity contribution in [2.24, 2.45) is 0 Å². The number of ketones is 1. The lowest BCUT2D eigenvalue weighted by Gasteiger charge is -2.13. The molecule has 0 radical (unpaired) electrons. The molecule has 0 atom stereocenters. The molecular weight excluding hydrogens is 312 g/mol. The van der Waals surface area contributed by atoms with Crippen molar-refractivity contribution in [3.8, 4) is 22.8 Å². The van der Waals surface area contributed by atoms with Gasteiger partial charge in [-0.3, -0.25) is 14.3 Å². The topological polar surface area (TPSA) is 79.7 Å². The van der Waals surface area contributed by atoms with Crippen LogP contribution in [-0.2, 0) is 22.5 Å². The van der Waals surface area contributed by atoms with E-state index >= 15 is 0 Å². The van der Waals surface area contributed by atoms with Crippen molar-refractivity contribution in [3.63, 3.8) is 0 Å². The number of carbonyl (C=O) groups excluding carboxylic acids is 2. The molecule has 0 amide bonds. The minimum atomic E-state index is -0.393. The molecule has 0 spiro atoms. The van der Waals surface area contributed by atoms with Crippen LogP contribution in [0.2, 0.25) is 0 Å². The molecule has 24 heavy (non-hydrogen) atoms. The van der Waals surface area contributed by atoms with Crippen LogP contribution in [0.15, 0.2) is 18.2 Å². The summed E-state index contributed by atoms with van der Waals surface area (Å²) in [6.07, 6.45) is 1.98. The van der Waals surface area contributed by atoms with Crippen LogP contribution in [0, 0.1) is 0 Å². The van der Waals surface area contributed by atoms with Gasteiger partial charge in [0.25, 0.3) is 0 Å². The fraction of sp³-hybridized carbons (Fsp3) is 0.353. The van der Waals surface area contributed by atoms with Gasteiger partial charge in [0, 0.05) is 12.0 Å². The van der Waals surface area contributed by atoms with Crippen LogP contribution < -0.4 is 9.47 Å². The fourth-order valence-corrected chi connectivity index (χ4v) is 3.15. The van der Waals surface area contributed by atoms with Gasteiger partial charge in [-0.15, -0.1) is 0 Å². The maximum atomic E-state index is 12.5. The lowest BCUT2D eigenvalue weighted by molar-refractivity contribution is -0.141. The summed E-state index contributed by atoms with van der Waals surface area (Å²) in [5.74, 6) is 0.968. The second-order valence-electron chi connectivity index (χ2n) is 5.75. The summed E-state index contributed by atoms with van der Waals surface area (Å²) in [7, 11) is 1.34. The van der Waals surface area contributed by atoms with E-state index < -0.39 is 5.97 Å². The summed E-state index contributed by atoms with van der Waals surface area (Å²) in [5, 5.41) is 4.52. The number of aromatic nitrogens is 2. The largest absolute Gasteiger partial charge is 0.468 e. The zero-order chi connectivity index (χ0) is 16.7. The SMILES string of the molecule is COC(=O)Cn1nc(-c2ccc3c(c2)OCO3)c2c1CCCC2=O. The number of benzene rings is 1. The van der Waals surface area contributed by atoms with Crippen LogP contribution in [0.3, 0.4) is 0 Å². The van der Waals surface area contributed by atoms with E-state index in [4.69, 9.17) is 14.2 Å². The molecule has 0 unspecified atom stereocenters. The predicted molar refractivity (Wildman–Crippen MR) is 83.1 cm³/mol. The normalized spacial score (nSPS) is 15.3. The molecule has 0 N–H and O–H groups in total. The van der Waals surface area contributed by atoms with E-state index in [-0.39, 0.29) is 19.1 Å². The van der Waals surface area contributed by atoms with E-state index in [0.717, 1.165) is 24.1 Å². The highest BCUT2D eigenvalue weighted by Crippen LogP contribution is 2.38. The summed E-state index contributed by atoms with van der Waals surface area (Å²) in [5.41, 5.74) is 2.75. The molecule has 1 aromatic heterocycles. The highest BCUT2D eigenvalue weighted by molar-refractivity contribution is 6.03. The Kier molecular flexibility index (Phi) is 3.48. The van der Waals surface area contributed by atoms with Crippen LogP contribution >= 0.6 is 0 Å². The molecule has 0 fully saturated rings. The van der Waals surface area contributed by atoms with E-state index in [1.165, 1.54) is 7.11 Å². The molecule has 1 aliphatic carbocycles. The van der Waals surface area contributed by atoms with Crippen LogP contribution in [0.1, 0.15) is 28.9 Å². The van der Waals surface area contributed by atoms with Crippen LogP contribution in [-0.4, -0.2) is 35.4 Å². The van der Waals surface area contributed by atoms with Crippen LogP contribution in [0.4, 0.5) is 0 Å². The number of ether oxygens (including phenoxy) is 3. The van der Waals surface area contributed by atoms with Crippen molar-refractivity contribution < 1.29 is 23.8 Å². The fourth-order valence-electron chi connectivity index (χ4n) is 3.15. The van der Waals surface area contributed by atoms with Crippen molar-refractivity contribution in [1.82, 2.24) is 9.78 Å². The maximum absolute atomic E-state index is 12.5. The lowest BCUT2D eigenvalue weighted by atomic mass is 9.92. The van der Waals surface area contributed by atoms with Crippen molar-refractivity contribution in [2.45, 2.75) is 25.8 Å². The third-order valence-corrected chi connectivity index (χ3v) is 4.31. The Hall–Kier alpha value is -2.83. The molecule has 7 nitrogen and oxygen atoms in total. The summed E-state index contributed by atoms with van der Waals surface area (Å²) in [4.78, 5) is 24.1. The number of methoxy groups -OCH3 is 1. The standard InChI is InChI=1S/C17H16N2O5/c1-22-15(21)8-19-11-3-2-4-12(20)16(11)17(18-19)10-5-6-13-14(7-10)24-9-23-13/h5-7H,2-4,8-9H2,1H3. The van der Waals surface area contributed by atoms with Crippen LogP contribution in [0.5, 0.6) is 11.5 Å². The third kappa shape index (κ3) is 2.33. The summed E-state index contributed by atoms with van der Waals surface area (Å²) < 4.78 is 17.0. The molecule has 0 saturated heterocycles. The third-order valence-electron chi connectivity index (χ3n) is 4.31. The first kappa shape index (κ1) is 14.7. The molecule has 0 bridgehead atoms. The van der Waals surface area contributed by atoms with E-state index in [1.54, 1.807) is 10.7 Å². The molecular formula is C17H16N2O5. The monoisotopic (exact) mass is 328 g/mol. The van der Waals surface area contributed by atoms with Gasteiger partial charge in [0.05, 0.1) is 18.4 Å². The summed E-state index contributed by atoms with van der Waals surface area (Å²) in [6.45, 7) is 0.184. The second-order valence-corrected chi connectivity index (χ2v) is 5.75. The van der Waals surface area contributed by atoms with Gasteiger partial charge in [0.1, 0.15) is 12.2 Å². The maximum Gasteiger partial charge on any atom is 0.327 e. The molecule has 7 heteroatoms. The van der Waals surface area contributed by atoms with Crippen molar-refractivity contribution in [3.05, 3.63) is 29.5 Å². The Labute approximate surface area is 138 Å². The number of hydrogen-bond acceptors (Lipinski definition) is 6. The molecule has 2 heterocycles. The number of hydrogen-bond donors (Lipinski definition) is 0. The Morgan fingerprint density at radius 1 is 1.29 bits per heavy atom. The number of esters is 1. The average molecular weight is 328 g/mol. The van der Waals surface area contributed by atoms with Gasteiger partial charge in [0.15, 0.2) is 17.3 Å². The number of nitrogens with zero attached hydrogens (tertiary/aromatic N) is 2. The van der Waals surface area contributed by atoms with Gasteiger partial charge in [-0.25, -0.2) is 0 Å². The zero-order valence-corrected chi connectivity index (χ0v) is 13.2. The van der Waals surface area contributed by atoms with Gasteiger partial charge in [-0.2, -0.15) is 5.10 Å². The molecule has 0 saturated carbocycles. The van der Waals surface area contributed by atoms with E-state index in [0.29, 0.717) is 29.2 Å². The van der Waals surface area contributed by atoms with Gasteiger partial charge >= 0.3 is 5.97 Å². The number of rotatable bonds is 3. The number of Topliss-reactive ketones (excluding diaryl/α,β-unsaturated/α-hetero) is 1.